The van der Waals surface area contributed by atoms with Crippen molar-refractivity contribution < 1.29 is 9.90 Å². The third-order valence-corrected chi connectivity index (χ3v) is 5.64. The minimum Gasteiger partial charge on any atom is -0.478 e. The molecule has 7 heteroatoms. The zero-order valence-electron chi connectivity index (χ0n) is 16.7. The molecule has 0 aliphatic heterocycles. The average molecular weight is 412 g/mol. The second-order valence-corrected chi connectivity index (χ2v) is 7.59. The summed E-state index contributed by atoms with van der Waals surface area (Å²) in [5.41, 5.74) is 4.55. The van der Waals surface area contributed by atoms with Crippen LogP contribution >= 0.6 is 0 Å². The lowest BCUT2D eigenvalue weighted by molar-refractivity contribution is -0.131. The lowest BCUT2D eigenvalue weighted by Gasteiger charge is -2.15. The Hall–Kier alpha value is -4.00. The quantitative estimate of drug-likeness (QED) is 0.513. The number of allylic oxidation sites excluding steroid dienone is 1. The number of aliphatic carboxylic acids is 1. The van der Waals surface area contributed by atoms with E-state index in [0.717, 1.165) is 34.3 Å². The van der Waals surface area contributed by atoms with Gasteiger partial charge in [-0.15, -0.1) is 0 Å². The average Bonchev–Trinajstić information content (AvgIpc) is 3.39. The van der Waals surface area contributed by atoms with Gasteiger partial charge in [0.1, 0.15) is 5.69 Å². The van der Waals surface area contributed by atoms with Gasteiger partial charge in [-0.25, -0.2) is 14.0 Å². The molecule has 1 aliphatic rings. The summed E-state index contributed by atoms with van der Waals surface area (Å²) in [5.74, 6) is -1.000. The van der Waals surface area contributed by atoms with Gasteiger partial charge in [0.2, 0.25) is 0 Å². The summed E-state index contributed by atoms with van der Waals surface area (Å²) < 4.78 is 3.23. The first-order valence-corrected chi connectivity index (χ1v) is 10.2. The SMILES string of the molecule is O=C(O)/C=C1/CCCC1n1nc(-c2c(-c3ccccc3)nn3ccccc23)ccc1=O. The predicted octanol–water partition coefficient (Wildman–Crippen LogP) is 3.96. The molecule has 7 nitrogen and oxygen atoms in total. The lowest BCUT2D eigenvalue weighted by atomic mass is 10.0. The molecule has 31 heavy (non-hydrogen) atoms. The van der Waals surface area contributed by atoms with Crippen LogP contribution in [0, 0.1) is 0 Å². The first-order chi connectivity index (χ1) is 15.1. The molecule has 1 unspecified atom stereocenters. The Morgan fingerprint density at radius 3 is 2.65 bits per heavy atom. The molecule has 0 radical (unpaired) electrons. The molecule has 3 aromatic heterocycles. The maximum atomic E-state index is 12.7. The summed E-state index contributed by atoms with van der Waals surface area (Å²) in [6.45, 7) is 0. The van der Waals surface area contributed by atoms with Crippen LogP contribution in [0.4, 0.5) is 0 Å². The summed E-state index contributed by atoms with van der Waals surface area (Å²) in [6, 6.07) is 18.5. The number of carboxylic acids is 1. The van der Waals surface area contributed by atoms with E-state index in [1.54, 1.807) is 10.6 Å². The summed E-state index contributed by atoms with van der Waals surface area (Å²) in [7, 11) is 0. The highest BCUT2D eigenvalue weighted by atomic mass is 16.4. The molecule has 1 atom stereocenters. The Kier molecular flexibility index (Phi) is 4.71. The van der Waals surface area contributed by atoms with Crippen LogP contribution in [-0.2, 0) is 4.79 Å². The summed E-state index contributed by atoms with van der Waals surface area (Å²) >= 11 is 0. The van der Waals surface area contributed by atoms with E-state index in [9.17, 15) is 14.7 Å². The highest BCUT2D eigenvalue weighted by molar-refractivity contribution is 5.90. The van der Waals surface area contributed by atoms with Crippen molar-refractivity contribution in [3.8, 4) is 22.5 Å². The topological polar surface area (TPSA) is 89.5 Å². The van der Waals surface area contributed by atoms with Crippen LogP contribution in [0.25, 0.3) is 28.0 Å². The fourth-order valence-corrected chi connectivity index (χ4v) is 4.29. The van der Waals surface area contributed by atoms with Crippen molar-refractivity contribution >= 4 is 11.5 Å². The molecule has 0 amide bonds. The number of carbonyl (C=O) groups is 1. The van der Waals surface area contributed by atoms with E-state index >= 15 is 0 Å². The minimum atomic E-state index is -1.000. The fourth-order valence-electron chi connectivity index (χ4n) is 4.29. The fraction of sp³-hybridized carbons (Fsp3) is 0.167. The molecule has 5 rings (SSSR count). The van der Waals surface area contributed by atoms with Gasteiger partial charge in [0, 0.05) is 23.9 Å². The molecular formula is C24H20N4O3. The Bertz CT molecular complexity index is 1370. The number of aromatic nitrogens is 4. The molecule has 1 aromatic carbocycles. The zero-order chi connectivity index (χ0) is 21.4. The monoisotopic (exact) mass is 412 g/mol. The van der Waals surface area contributed by atoms with Crippen LogP contribution in [-0.4, -0.2) is 30.5 Å². The van der Waals surface area contributed by atoms with Crippen LogP contribution in [0.15, 0.2) is 83.3 Å². The minimum absolute atomic E-state index is 0.246. The van der Waals surface area contributed by atoms with Gasteiger partial charge in [-0.05, 0) is 43.0 Å². The molecule has 3 heterocycles. The van der Waals surface area contributed by atoms with E-state index in [0.29, 0.717) is 18.5 Å². The third kappa shape index (κ3) is 3.44. The van der Waals surface area contributed by atoms with E-state index in [1.165, 1.54) is 16.8 Å². The Balaban J connectivity index is 1.71. The van der Waals surface area contributed by atoms with Gasteiger partial charge >= 0.3 is 5.97 Å². The summed E-state index contributed by atoms with van der Waals surface area (Å²) in [4.78, 5) is 23.9. The van der Waals surface area contributed by atoms with Crippen molar-refractivity contribution in [2.24, 2.45) is 0 Å². The Labute approximate surface area is 177 Å². The normalized spacial score (nSPS) is 17.4. The van der Waals surface area contributed by atoms with E-state index in [4.69, 9.17) is 10.2 Å². The molecule has 1 saturated carbocycles. The number of nitrogens with zero attached hydrogens (tertiary/aromatic N) is 4. The number of hydrogen-bond acceptors (Lipinski definition) is 4. The zero-order valence-corrected chi connectivity index (χ0v) is 16.7. The third-order valence-electron chi connectivity index (χ3n) is 5.64. The van der Waals surface area contributed by atoms with Crippen LogP contribution in [0.2, 0.25) is 0 Å². The number of benzene rings is 1. The number of rotatable bonds is 4. The predicted molar refractivity (Wildman–Crippen MR) is 117 cm³/mol. The highest BCUT2D eigenvalue weighted by Crippen LogP contribution is 2.36. The van der Waals surface area contributed by atoms with E-state index in [1.807, 2.05) is 54.7 Å². The molecule has 0 bridgehead atoms. The molecular weight excluding hydrogens is 392 g/mol. The van der Waals surface area contributed by atoms with Crippen LogP contribution in [0.3, 0.4) is 0 Å². The first-order valence-electron chi connectivity index (χ1n) is 10.2. The molecule has 1 aliphatic carbocycles. The Morgan fingerprint density at radius 2 is 1.84 bits per heavy atom. The number of carboxylic acid groups (broad SMARTS) is 1. The van der Waals surface area contributed by atoms with Crippen molar-refractivity contribution in [2.45, 2.75) is 25.3 Å². The largest absolute Gasteiger partial charge is 0.478 e. The van der Waals surface area contributed by atoms with Gasteiger partial charge in [0.05, 0.1) is 22.8 Å². The molecule has 4 aromatic rings. The van der Waals surface area contributed by atoms with Crippen molar-refractivity contribution in [2.75, 3.05) is 0 Å². The number of fused-ring (bicyclic) bond motifs is 1. The van der Waals surface area contributed by atoms with Crippen molar-refractivity contribution in [1.82, 2.24) is 19.4 Å². The van der Waals surface area contributed by atoms with Gasteiger partial charge in [-0.1, -0.05) is 36.4 Å². The van der Waals surface area contributed by atoms with Gasteiger partial charge in [0.25, 0.3) is 5.56 Å². The Morgan fingerprint density at radius 1 is 1.03 bits per heavy atom. The van der Waals surface area contributed by atoms with Crippen molar-refractivity contribution in [3.05, 3.63) is 88.9 Å². The summed E-state index contributed by atoms with van der Waals surface area (Å²) in [5, 5.41) is 18.7. The van der Waals surface area contributed by atoms with Crippen molar-refractivity contribution in [3.63, 3.8) is 0 Å². The van der Waals surface area contributed by atoms with Gasteiger partial charge in [0.15, 0.2) is 0 Å². The smallest absolute Gasteiger partial charge is 0.328 e. The molecule has 1 N–H and O–H groups in total. The highest BCUT2D eigenvalue weighted by Gasteiger charge is 2.26. The maximum absolute atomic E-state index is 12.7. The molecule has 1 fully saturated rings. The van der Waals surface area contributed by atoms with Gasteiger partial charge < -0.3 is 5.11 Å². The lowest BCUT2D eigenvalue weighted by Crippen LogP contribution is -2.26. The number of pyridine rings is 1. The van der Waals surface area contributed by atoms with Gasteiger partial charge in [-0.3, -0.25) is 4.79 Å². The van der Waals surface area contributed by atoms with Crippen LogP contribution in [0.1, 0.15) is 25.3 Å². The molecule has 154 valence electrons. The van der Waals surface area contributed by atoms with E-state index < -0.39 is 5.97 Å². The second-order valence-electron chi connectivity index (χ2n) is 7.59. The van der Waals surface area contributed by atoms with Crippen LogP contribution in [0.5, 0.6) is 0 Å². The van der Waals surface area contributed by atoms with Gasteiger partial charge in [-0.2, -0.15) is 10.2 Å². The van der Waals surface area contributed by atoms with E-state index in [2.05, 4.69) is 0 Å². The molecule has 0 saturated heterocycles. The van der Waals surface area contributed by atoms with Crippen LogP contribution < -0.4 is 5.56 Å². The number of hydrogen-bond donors (Lipinski definition) is 1. The van der Waals surface area contributed by atoms with Crippen molar-refractivity contribution in [1.29, 1.82) is 0 Å². The standard InChI is InChI=1S/C24H20N4O3/c29-21-13-12-18(25-28(21)19-11-6-9-17(19)15-22(30)31)23-20-10-4-5-14-27(20)26-24(23)16-7-2-1-3-8-16/h1-5,7-8,10,12-15,19H,6,9,11H2,(H,30,31)/b17-15-. The first kappa shape index (κ1) is 19.0. The maximum Gasteiger partial charge on any atom is 0.328 e. The second kappa shape index (κ2) is 7.68. The molecule has 0 spiro atoms. The van der Waals surface area contributed by atoms with E-state index in [-0.39, 0.29) is 11.6 Å². The summed E-state index contributed by atoms with van der Waals surface area (Å²) in [6.07, 6.45) is 5.26.